The highest BCUT2D eigenvalue weighted by atomic mass is 16.5. The maximum Gasteiger partial charge on any atom is 0.276 e. The molecule has 1 saturated heterocycles. The van der Waals surface area contributed by atoms with Gasteiger partial charge in [0, 0.05) is 19.6 Å². The zero-order valence-corrected chi connectivity index (χ0v) is 10.7. The van der Waals surface area contributed by atoms with Crippen LogP contribution in [0.2, 0.25) is 0 Å². The number of aromatic nitrogens is 3. The van der Waals surface area contributed by atoms with Gasteiger partial charge in [-0.1, -0.05) is 11.2 Å². The molecule has 0 spiro atoms. The number of nitrogens with zero attached hydrogens (tertiary/aromatic N) is 3. The average Bonchev–Trinajstić information content (AvgIpc) is 3.11. The van der Waals surface area contributed by atoms with Gasteiger partial charge in [-0.2, -0.15) is 4.98 Å². The van der Waals surface area contributed by atoms with E-state index in [1.807, 2.05) is 18.2 Å². The van der Waals surface area contributed by atoms with Gasteiger partial charge < -0.3 is 14.0 Å². The van der Waals surface area contributed by atoms with Crippen molar-refractivity contribution in [2.75, 3.05) is 20.3 Å². The fraction of sp³-hybridized carbons (Fsp3) is 0.462. The average molecular weight is 261 g/mol. The number of methoxy groups -OCH3 is 1. The first-order valence-corrected chi connectivity index (χ1v) is 6.23. The standard InChI is InChI=1S/C13H15N3O3/c1-17-8-10-3-2-4-11(14-10)13-15-12(16-19-13)9-5-6-18-7-9/h2-4,9H,5-8H2,1H3/t9-/m0/s1. The smallest absolute Gasteiger partial charge is 0.276 e. The first kappa shape index (κ1) is 12.3. The summed E-state index contributed by atoms with van der Waals surface area (Å²) in [6.07, 6.45) is 0.941. The maximum atomic E-state index is 5.32. The Balaban J connectivity index is 1.83. The molecule has 1 atom stereocenters. The summed E-state index contributed by atoms with van der Waals surface area (Å²) in [7, 11) is 1.64. The van der Waals surface area contributed by atoms with E-state index in [9.17, 15) is 0 Å². The molecule has 2 aromatic heterocycles. The van der Waals surface area contributed by atoms with Crippen molar-refractivity contribution in [1.29, 1.82) is 0 Å². The van der Waals surface area contributed by atoms with Crippen molar-refractivity contribution in [3.63, 3.8) is 0 Å². The number of hydrogen-bond acceptors (Lipinski definition) is 6. The summed E-state index contributed by atoms with van der Waals surface area (Å²) in [6.45, 7) is 1.89. The molecule has 1 fully saturated rings. The van der Waals surface area contributed by atoms with Crippen LogP contribution >= 0.6 is 0 Å². The lowest BCUT2D eigenvalue weighted by Crippen LogP contribution is -2.00. The summed E-state index contributed by atoms with van der Waals surface area (Å²) in [5.41, 5.74) is 1.51. The highest BCUT2D eigenvalue weighted by Crippen LogP contribution is 2.24. The van der Waals surface area contributed by atoms with Crippen LogP contribution in [0.1, 0.15) is 23.9 Å². The van der Waals surface area contributed by atoms with Crippen molar-refractivity contribution in [1.82, 2.24) is 15.1 Å². The van der Waals surface area contributed by atoms with Crippen LogP contribution in [0.25, 0.3) is 11.6 Å². The Morgan fingerprint density at radius 3 is 3.11 bits per heavy atom. The summed E-state index contributed by atoms with van der Waals surface area (Å²) in [4.78, 5) is 8.82. The zero-order chi connectivity index (χ0) is 13.1. The van der Waals surface area contributed by atoms with Crippen molar-refractivity contribution in [2.24, 2.45) is 0 Å². The van der Waals surface area contributed by atoms with Gasteiger partial charge in [0.25, 0.3) is 5.89 Å². The summed E-state index contributed by atoms with van der Waals surface area (Å²) in [5, 5.41) is 4.01. The fourth-order valence-corrected chi connectivity index (χ4v) is 2.07. The fourth-order valence-electron chi connectivity index (χ4n) is 2.07. The number of ether oxygens (including phenoxy) is 2. The van der Waals surface area contributed by atoms with Crippen molar-refractivity contribution in [3.05, 3.63) is 29.7 Å². The van der Waals surface area contributed by atoms with Gasteiger partial charge in [-0.3, -0.25) is 0 Å². The third kappa shape index (κ3) is 2.64. The molecule has 3 rings (SSSR count). The molecule has 6 nitrogen and oxygen atoms in total. The minimum Gasteiger partial charge on any atom is -0.381 e. The number of rotatable bonds is 4. The van der Waals surface area contributed by atoms with Gasteiger partial charge >= 0.3 is 0 Å². The first-order chi connectivity index (χ1) is 9.36. The highest BCUT2D eigenvalue weighted by Gasteiger charge is 2.23. The topological polar surface area (TPSA) is 70.3 Å². The van der Waals surface area contributed by atoms with E-state index >= 15 is 0 Å². The van der Waals surface area contributed by atoms with E-state index in [0.717, 1.165) is 18.7 Å². The molecule has 0 saturated carbocycles. The second kappa shape index (κ2) is 5.46. The van der Waals surface area contributed by atoms with E-state index in [0.29, 0.717) is 30.6 Å². The van der Waals surface area contributed by atoms with E-state index in [4.69, 9.17) is 14.0 Å². The van der Waals surface area contributed by atoms with Crippen LogP contribution in [0, 0.1) is 0 Å². The molecule has 0 aliphatic carbocycles. The summed E-state index contributed by atoms with van der Waals surface area (Å²) < 4.78 is 15.7. The number of pyridine rings is 1. The zero-order valence-electron chi connectivity index (χ0n) is 10.7. The Morgan fingerprint density at radius 1 is 1.37 bits per heavy atom. The lowest BCUT2D eigenvalue weighted by Gasteiger charge is -2.00. The van der Waals surface area contributed by atoms with Gasteiger partial charge in [0.2, 0.25) is 0 Å². The van der Waals surface area contributed by atoms with E-state index < -0.39 is 0 Å². The Bertz CT molecular complexity index is 550. The minimum absolute atomic E-state index is 0.236. The van der Waals surface area contributed by atoms with Crippen LogP contribution < -0.4 is 0 Å². The van der Waals surface area contributed by atoms with Crippen LogP contribution in [-0.2, 0) is 16.1 Å². The first-order valence-electron chi connectivity index (χ1n) is 6.23. The molecule has 0 radical (unpaired) electrons. The van der Waals surface area contributed by atoms with Crippen LogP contribution in [0.15, 0.2) is 22.7 Å². The molecule has 100 valence electrons. The summed E-state index contributed by atoms with van der Waals surface area (Å²) in [5.74, 6) is 1.38. The Labute approximate surface area is 110 Å². The third-order valence-electron chi connectivity index (χ3n) is 3.05. The Morgan fingerprint density at radius 2 is 2.32 bits per heavy atom. The second-order valence-electron chi connectivity index (χ2n) is 4.47. The van der Waals surface area contributed by atoms with Crippen LogP contribution in [0.4, 0.5) is 0 Å². The maximum absolute atomic E-state index is 5.32. The SMILES string of the molecule is COCc1cccc(-c2nc([C@H]3CCOC3)no2)n1. The van der Waals surface area contributed by atoms with Crippen LogP contribution in [0.5, 0.6) is 0 Å². The molecule has 19 heavy (non-hydrogen) atoms. The van der Waals surface area contributed by atoms with Gasteiger partial charge in [-0.05, 0) is 18.6 Å². The van der Waals surface area contributed by atoms with Gasteiger partial charge in [0.05, 0.1) is 18.9 Å². The molecule has 0 aromatic carbocycles. The molecular weight excluding hydrogens is 246 g/mol. The van der Waals surface area contributed by atoms with Crippen molar-refractivity contribution < 1.29 is 14.0 Å². The quantitative estimate of drug-likeness (QED) is 0.835. The largest absolute Gasteiger partial charge is 0.381 e. The molecule has 6 heteroatoms. The van der Waals surface area contributed by atoms with E-state index in [1.165, 1.54) is 0 Å². The van der Waals surface area contributed by atoms with Crippen molar-refractivity contribution in [2.45, 2.75) is 18.9 Å². The molecular formula is C13H15N3O3. The lowest BCUT2D eigenvalue weighted by atomic mass is 10.1. The predicted octanol–water partition coefficient (Wildman–Crippen LogP) is 1.78. The van der Waals surface area contributed by atoms with E-state index in [2.05, 4.69) is 15.1 Å². The Kier molecular flexibility index (Phi) is 3.52. The van der Waals surface area contributed by atoms with Crippen molar-refractivity contribution in [3.8, 4) is 11.6 Å². The van der Waals surface area contributed by atoms with E-state index in [-0.39, 0.29) is 5.92 Å². The molecule has 1 aliphatic heterocycles. The molecule has 1 aliphatic rings. The van der Waals surface area contributed by atoms with Crippen LogP contribution in [0.3, 0.4) is 0 Å². The van der Waals surface area contributed by atoms with Gasteiger partial charge in [-0.25, -0.2) is 4.98 Å². The van der Waals surface area contributed by atoms with Gasteiger partial charge in [0.1, 0.15) is 5.69 Å². The molecule has 0 amide bonds. The summed E-state index contributed by atoms with van der Waals surface area (Å²) >= 11 is 0. The molecule has 0 N–H and O–H groups in total. The second-order valence-corrected chi connectivity index (χ2v) is 4.47. The normalized spacial score (nSPS) is 18.9. The molecule has 0 bridgehead atoms. The lowest BCUT2D eigenvalue weighted by molar-refractivity contribution is 0.181. The Hall–Kier alpha value is -1.79. The van der Waals surface area contributed by atoms with Crippen molar-refractivity contribution >= 4 is 0 Å². The van der Waals surface area contributed by atoms with E-state index in [1.54, 1.807) is 7.11 Å². The minimum atomic E-state index is 0.236. The number of hydrogen-bond donors (Lipinski definition) is 0. The van der Waals surface area contributed by atoms with Crippen LogP contribution in [-0.4, -0.2) is 35.4 Å². The third-order valence-corrected chi connectivity index (χ3v) is 3.05. The molecule has 3 heterocycles. The highest BCUT2D eigenvalue weighted by molar-refractivity contribution is 5.46. The monoisotopic (exact) mass is 261 g/mol. The molecule has 2 aromatic rings. The van der Waals surface area contributed by atoms with Gasteiger partial charge in [-0.15, -0.1) is 0 Å². The molecule has 0 unspecified atom stereocenters. The summed E-state index contributed by atoms with van der Waals surface area (Å²) in [6, 6.07) is 5.65. The van der Waals surface area contributed by atoms with Gasteiger partial charge in [0.15, 0.2) is 5.82 Å². The predicted molar refractivity (Wildman–Crippen MR) is 66.4 cm³/mol.